The minimum Gasteiger partial charge on any atom is -0.397 e. The normalized spacial score (nSPS) is 11.8. The van der Waals surface area contributed by atoms with Crippen molar-refractivity contribution >= 4 is 21.5 Å². The molecule has 1 aromatic heterocycles. The zero-order valence-corrected chi connectivity index (χ0v) is 10.5. The monoisotopic (exact) mass is 243 g/mol. The quantitative estimate of drug-likeness (QED) is 0.858. The van der Waals surface area contributed by atoms with Crippen molar-refractivity contribution in [2.45, 2.75) is 13.8 Å². The van der Waals surface area contributed by atoms with E-state index < -0.39 is 10.0 Å². The molecule has 0 bridgehead atoms. The number of pyridine rings is 1. The van der Waals surface area contributed by atoms with Crippen LogP contribution in [0.15, 0.2) is 18.3 Å². The van der Waals surface area contributed by atoms with E-state index in [1.807, 2.05) is 13.8 Å². The number of nitrogen functional groups attached to an aromatic ring is 1. The topological polar surface area (TPSA) is 76.3 Å². The van der Waals surface area contributed by atoms with E-state index >= 15 is 0 Å². The zero-order valence-electron chi connectivity index (χ0n) is 9.71. The van der Waals surface area contributed by atoms with Gasteiger partial charge in [-0.3, -0.25) is 4.31 Å². The molecule has 0 saturated heterocycles. The van der Waals surface area contributed by atoms with Gasteiger partial charge in [-0.15, -0.1) is 0 Å². The number of aromatic nitrogens is 1. The van der Waals surface area contributed by atoms with Crippen LogP contribution >= 0.6 is 0 Å². The largest absolute Gasteiger partial charge is 0.397 e. The lowest BCUT2D eigenvalue weighted by Crippen LogP contribution is -2.31. The van der Waals surface area contributed by atoms with Gasteiger partial charge in [0.25, 0.3) is 0 Å². The SMILES string of the molecule is CC(C)CS(=O)(=O)N(C)c1ccc(N)cn1. The van der Waals surface area contributed by atoms with Crippen LogP contribution < -0.4 is 10.0 Å². The Morgan fingerprint density at radius 2 is 2.06 bits per heavy atom. The van der Waals surface area contributed by atoms with Gasteiger partial charge < -0.3 is 5.73 Å². The molecule has 0 saturated carbocycles. The summed E-state index contributed by atoms with van der Waals surface area (Å²) >= 11 is 0. The summed E-state index contributed by atoms with van der Waals surface area (Å²) in [5.74, 6) is 0.575. The molecule has 1 aromatic rings. The number of nitrogens with zero attached hydrogens (tertiary/aromatic N) is 2. The third-order valence-electron chi connectivity index (χ3n) is 2.05. The molecule has 90 valence electrons. The molecule has 2 N–H and O–H groups in total. The number of hydrogen-bond donors (Lipinski definition) is 1. The first kappa shape index (κ1) is 12.8. The highest BCUT2D eigenvalue weighted by atomic mass is 32.2. The Balaban J connectivity index is 2.93. The van der Waals surface area contributed by atoms with Crippen molar-refractivity contribution in [3.8, 4) is 0 Å². The van der Waals surface area contributed by atoms with Crippen molar-refractivity contribution in [1.82, 2.24) is 4.98 Å². The van der Waals surface area contributed by atoms with Crippen LogP contribution in [-0.2, 0) is 10.0 Å². The Hall–Kier alpha value is -1.30. The third kappa shape index (κ3) is 3.10. The molecule has 0 aliphatic carbocycles. The molecule has 0 amide bonds. The molecule has 1 rings (SSSR count). The van der Waals surface area contributed by atoms with Gasteiger partial charge in [0.1, 0.15) is 5.82 Å². The number of rotatable bonds is 4. The summed E-state index contributed by atoms with van der Waals surface area (Å²) in [7, 11) is -1.80. The second-order valence-electron chi connectivity index (χ2n) is 4.09. The van der Waals surface area contributed by atoms with E-state index in [1.54, 1.807) is 12.1 Å². The van der Waals surface area contributed by atoms with Gasteiger partial charge in [-0.2, -0.15) is 0 Å². The maximum absolute atomic E-state index is 11.9. The van der Waals surface area contributed by atoms with Gasteiger partial charge in [-0.05, 0) is 18.1 Å². The summed E-state index contributed by atoms with van der Waals surface area (Å²) in [6.45, 7) is 3.73. The van der Waals surface area contributed by atoms with Crippen molar-refractivity contribution < 1.29 is 8.42 Å². The molecule has 16 heavy (non-hydrogen) atoms. The Labute approximate surface area is 96.3 Å². The van der Waals surface area contributed by atoms with Crippen LogP contribution in [0, 0.1) is 5.92 Å². The van der Waals surface area contributed by atoms with E-state index in [1.165, 1.54) is 17.5 Å². The summed E-state index contributed by atoms with van der Waals surface area (Å²) < 4.78 is 24.9. The Morgan fingerprint density at radius 1 is 1.44 bits per heavy atom. The van der Waals surface area contributed by atoms with Crippen molar-refractivity contribution in [1.29, 1.82) is 0 Å². The predicted molar refractivity (Wildman–Crippen MR) is 65.7 cm³/mol. The van der Waals surface area contributed by atoms with Gasteiger partial charge in [0.15, 0.2) is 0 Å². The zero-order chi connectivity index (χ0) is 12.3. The first-order valence-corrected chi connectivity index (χ1v) is 6.62. The number of hydrogen-bond acceptors (Lipinski definition) is 4. The van der Waals surface area contributed by atoms with Gasteiger partial charge in [-0.1, -0.05) is 13.8 Å². The maximum atomic E-state index is 11.9. The lowest BCUT2D eigenvalue weighted by molar-refractivity contribution is 0.580. The van der Waals surface area contributed by atoms with Gasteiger partial charge >= 0.3 is 0 Å². The van der Waals surface area contributed by atoms with Crippen LogP contribution in [0.4, 0.5) is 11.5 Å². The van der Waals surface area contributed by atoms with Crippen molar-refractivity contribution in [3.05, 3.63) is 18.3 Å². The highest BCUT2D eigenvalue weighted by Gasteiger charge is 2.20. The molecule has 0 aliphatic heterocycles. The summed E-state index contributed by atoms with van der Waals surface area (Å²) in [6, 6.07) is 3.22. The molecule has 6 heteroatoms. The third-order valence-corrected chi connectivity index (χ3v) is 4.16. The van der Waals surface area contributed by atoms with Crippen LogP contribution in [0.1, 0.15) is 13.8 Å². The molecule has 0 fully saturated rings. The number of nitrogens with two attached hydrogens (primary N) is 1. The van der Waals surface area contributed by atoms with E-state index in [0.29, 0.717) is 11.5 Å². The van der Waals surface area contributed by atoms with E-state index in [9.17, 15) is 8.42 Å². The molecule has 1 heterocycles. The Kier molecular flexibility index (Phi) is 3.74. The minimum absolute atomic E-state index is 0.0845. The maximum Gasteiger partial charge on any atom is 0.236 e. The number of sulfonamides is 1. The molecule has 0 atom stereocenters. The lowest BCUT2D eigenvalue weighted by atomic mass is 10.3. The second-order valence-corrected chi connectivity index (χ2v) is 6.13. The first-order chi connectivity index (χ1) is 7.33. The molecule has 0 unspecified atom stereocenters. The fraction of sp³-hybridized carbons (Fsp3) is 0.500. The standard InChI is InChI=1S/C10H17N3O2S/c1-8(2)7-16(14,15)13(3)10-5-4-9(11)6-12-10/h4-6,8H,7,11H2,1-3H3. The van der Waals surface area contributed by atoms with Crippen LogP contribution in [0.5, 0.6) is 0 Å². The number of anilines is 2. The van der Waals surface area contributed by atoms with Crippen LogP contribution in [0.3, 0.4) is 0 Å². The first-order valence-electron chi connectivity index (χ1n) is 5.01. The van der Waals surface area contributed by atoms with Crippen LogP contribution in [0.25, 0.3) is 0 Å². The lowest BCUT2D eigenvalue weighted by Gasteiger charge is -2.19. The molecular formula is C10H17N3O2S. The average Bonchev–Trinajstić information content (AvgIpc) is 2.16. The van der Waals surface area contributed by atoms with Gasteiger partial charge in [0, 0.05) is 7.05 Å². The summed E-state index contributed by atoms with van der Waals surface area (Å²) in [5, 5.41) is 0. The Morgan fingerprint density at radius 3 is 2.50 bits per heavy atom. The van der Waals surface area contributed by atoms with Crippen molar-refractivity contribution in [3.63, 3.8) is 0 Å². The fourth-order valence-electron chi connectivity index (χ4n) is 1.26. The smallest absolute Gasteiger partial charge is 0.236 e. The van der Waals surface area contributed by atoms with Gasteiger partial charge in [0.05, 0.1) is 17.6 Å². The molecule has 5 nitrogen and oxygen atoms in total. The summed E-state index contributed by atoms with van der Waals surface area (Å²) in [4.78, 5) is 3.97. The molecule has 0 spiro atoms. The predicted octanol–water partition coefficient (Wildman–Crippen LogP) is 1.09. The highest BCUT2D eigenvalue weighted by Crippen LogP contribution is 2.15. The fourth-order valence-corrected chi connectivity index (χ4v) is 2.72. The highest BCUT2D eigenvalue weighted by molar-refractivity contribution is 7.92. The van der Waals surface area contributed by atoms with E-state index in [2.05, 4.69) is 4.98 Å². The van der Waals surface area contributed by atoms with E-state index in [-0.39, 0.29) is 11.7 Å². The molecule has 0 aliphatic rings. The van der Waals surface area contributed by atoms with Gasteiger partial charge in [-0.25, -0.2) is 13.4 Å². The van der Waals surface area contributed by atoms with Crippen LogP contribution in [-0.4, -0.2) is 26.2 Å². The molecule has 0 radical (unpaired) electrons. The van der Waals surface area contributed by atoms with Crippen molar-refractivity contribution in [2.24, 2.45) is 5.92 Å². The Bertz CT molecular complexity index is 440. The molecular weight excluding hydrogens is 226 g/mol. The van der Waals surface area contributed by atoms with Gasteiger partial charge in [0.2, 0.25) is 10.0 Å². The van der Waals surface area contributed by atoms with Crippen molar-refractivity contribution in [2.75, 3.05) is 22.8 Å². The minimum atomic E-state index is -3.30. The summed E-state index contributed by atoms with van der Waals surface area (Å²) in [5.41, 5.74) is 6.00. The second kappa shape index (κ2) is 4.69. The molecule has 0 aromatic carbocycles. The summed E-state index contributed by atoms with van der Waals surface area (Å²) in [6.07, 6.45) is 1.44. The average molecular weight is 243 g/mol. The van der Waals surface area contributed by atoms with E-state index in [0.717, 1.165) is 0 Å². The van der Waals surface area contributed by atoms with E-state index in [4.69, 9.17) is 5.73 Å². The van der Waals surface area contributed by atoms with Crippen LogP contribution in [0.2, 0.25) is 0 Å².